The van der Waals surface area contributed by atoms with Gasteiger partial charge < -0.3 is 15.6 Å². The lowest BCUT2D eigenvalue weighted by molar-refractivity contribution is 0.334. The van der Waals surface area contributed by atoms with Crippen molar-refractivity contribution in [1.82, 2.24) is 9.88 Å². The van der Waals surface area contributed by atoms with Crippen LogP contribution in [-0.2, 0) is 6.54 Å². The van der Waals surface area contributed by atoms with Crippen LogP contribution in [0.4, 0.5) is 5.69 Å². The maximum atomic E-state index is 6.10. The molecule has 1 aromatic heterocycles. The van der Waals surface area contributed by atoms with Crippen molar-refractivity contribution >= 4 is 16.6 Å². The highest BCUT2D eigenvalue weighted by molar-refractivity contribution is 5.92. The molecule has 19 heavy (non-hydrogen) atoms. The second-order valence-corrected chi connectivity index (χ2v) is 5.89. The number of nitrogens with two attached hydrogens (primary N) is 1. The number of hydrogen-bond acceptors (Lipinski definition) is 2. The number of nitrogen functional groups attached to an aromatic ring is 1. The van der Waals surface area contributed by atoms with Crippen LogP contribution < -0.4 is 11.1 Å². The van der Waals surface area contributed by atoms with E-state index in [-0.39, 0.29) is 0 Å². The van der Waals surface area contributed by atoms with Gasteiger partial charge in [-0.1, -0.05) is 12.5 Å². The molecule has 0 aliphatic heterocycles. The number of nitrogens with one attached hydrogen (secondary N) is 1. The highest BCUT2D eigenvalue weighted by Gasteiger charge is 2.18. The van der Waals surface area contributed by atoms with Crippen molar-refractivity contribution in [2.75, 3.05) is 5.73 Å². The summed E-state index contributed by atoms with van der Waals surface area (Å²) < 4.78 is 2.40. The Morgan fingerprint density at radius 2 is 2.16 bits per heavy atom. The summed E-state index contributed by atoms with van der Waals surface area (Å²) in [6.45, 7) is 5.40. The third-order valence-corrected chi connectivity index (χ3v) is 4.19. The number of nitrogens with zero attached hydrogens (tertiary/aromatic N) is 1. The van der Waals surface area contributed by atoms with E-state index in [1.165, 1.54) is 35.9 Å². The number of aromatic nitrogens is 1. The van der Waals surface area contributed by atoms with E-state index in [1.54, 1.807) is 0 Å². The predicted molar refractivity (Wildman–Crippen MR) is 81.2 cm³/mol. The van der Waals surface area contributed by atoms with Gasteiger partial charge in [0.05, 0.1) is 5.52 Å². The summed E-state index contributed by atoms with van der Waals surface area (Å²) in [7, 11) is 0. The van der Waals surface area contributed by atoms with E-state index in [0.29, 0.717) is 6.04 Å². The number of fused-ring (bicyclic) bond motifs is 1. The van der Waals surface area contributed by atoms with E-state index in [2.05, 4.69) is 35.9 Å². The van der Waals surface area contributed by atoms with E-state index < -0.39 is 0 Å². The van der Waals surface area contributed by atoms with Crippen LogP contribution in [0.5, 0.6) is 0 Å². The van der Waals surface area contributed by atoms with Crippen molar-refractivity contribution in [1.29, 1.82) is 0 Å². The molecule has 0 atom stereocenters. The molecule has 3 rings (SSSR count). The first-order valence-corrected chi connectivity index (χ1v) is 7.28. The summed E-state index contributed by atoms with van der Waals surface area (Å²) >= 11 is 0. The van der Waals surface area contributed by atoms with Gasteiger partial charge in [0.2, 0.25) is 0 Å². The summed E-state index contributed by atoms with van der Waals surface area (Å²) in [5, 5.41) is 4.83. The van der Waals surface area contributed by atoms with Crippen molar-refractivity contribution in [3.63, 3.8) is 0 Å². The molecule has 102 valence electrons. The van der Waals surface area contributed by atoms with Crippen LogP contribution in [0.15, 0.2) is 24.3 Å². The molecule has 0 spiro atoms. The van der Waals surface area contributed by atoms with Crippen LogP contribution in [0.25, 0.3) is 10.9 Å². The smallest absolute Gasteiger partial charge is 0.0506 e. The van der Waals surface area contributed by atoms with Gasteiger partial charge in [0, 0.05) is 35.4 Å². The minimum atomic E-state index is 0.456. The molecule has 1 aliphatic rings. The Kier molecular flexibility index (Phi) is 3.23. The number of hydrogen-bond donors (Lipinski definition) is 2. The zero-order chi connectivity index (χ0) is 13.4. The van der Waals surface area contributed by atoms with Crippen molar-refractivity contribution < 1.29 is 0 Å². The molecule has 1 aliphatic carbocycles. The fourth-order valence-electron chi connectivity index (χ4n) is 2.94. The maximum Gasteiger partial charge on any atom is 0.0506 e. The summed E-state index contributed by atoms with van der Waals surface area (Å²) in [5.41, 5.74) is 9.57. The zero-order valence-electron chi connectivity index (χ0n) is 11.8. The molecule has 0 amide bonds. The van der Waals surface area contributed by atoms with Crippen LogP contribution in [0.3, 0.4) is 0 Å². The van der Waals surface area contributed by atoms with Gasteiger partial charge in [-0.15, -0.1) is 0 Å². The molecule has 1 saturated carbocycles. The molecule has 0 saturated heterocycles. The molecule has 3 heteroatoms. The Morgan fingerprint density at radius 1 is 1.37 bits per heavy atom. The van der Waals surface area contributed by atoms with Crippen molar-refractivity contribution in [2.24, 2.45) is 0 Å². The van der Waals surface area contributed by atoms with Gasteiger partial charge in [-0.05, 0) is 44.9 Å². The van der Waals surface area contributed by atoms with E-state index in [0.717, 1.165) is 18.3 Å². The largest absolute Gasteiger partial charge is 0.398 e. The van der Waals surface area contributed by atoms with Crippen LogP contribution >= 0.6 is 0 Å². The lowest BCUT2D eigenvalue weighted by atomic mass is 9.93. The van der Waals surface area contributed by atoms with Crippen LogP contribution in [0.1, 0.15) is 44.8 Å². The molecule has 1 aromatic carbocycles. The Morgan fingerprint density at radius 3 is 2.79 bits per heavy atom. The Bertz CT molecular complexity index is 579. The van der Waals surface area contributed by atoms with Gasteiger partial charge >= 0.3 is 0 Å². The summed E-state index contributed by atoms with van der Waals surface area (Å²) in [5.74, 6) is 0. The first kappa shape index (κ1) is 12.5. The number of rotatable bonds is 4. The average molecular weight is 257 g/mol. The molecule has 1 fully saturated rings. The average Bonchev–Trinajstić information content (AvgIpc) is 2.67. The normalized spacial score (nSPS) is 16.2. The van der Waals surface area contributed by atoms with E-state index in [4.69, 9.17) is 5.73 Å². The molecule has 0 bridgehead atoms. The Labute approximate surface area is 114 Å². The SMILES string of the molecule is CC(C)n1c(CNC2CCC2)cc2c(N)cccc21. The van der Waals surface area contributed by atoms with Crippen molar-refractivity contribution in [3.8, 4) is 0 Å². The monoisotopic (exact) mass is 257 g/mol. The van der Waals surface area contributed by atoms with Crippen LogP contribution in [0, 0.1) is 0 Å². The summed E-state index contributed by atoms with van der Waals surface area (Å²) in [4.78, 5) is 0. The molecule has 0 unspecified atom stereocenters. The van der Waals surface area contributed by atoms with Gasteiger partial charge in [-0.2, -0.15) is 0 Å². The lowest BCUT2D eigenvalue weighted by Crippen LogP contribution is -2.35. The fraction of sp³-hybridized carbons (Fsp3) is 0.500. The van der Waals surface area contributed by atoms with Gasteiger partial charge in [0.15, 0.2) is 0 Å². The first-order chi connectivity index (χ1) is 9.16. The molecular formula is C16H23N3. The Hall–Kier alpha value is -1.48. The second kappa shape index (κ2) is 4.89. The predicted octanol–water partition coefficient (Wildman–Crippen LogP) is 3.45. The molecule has 3 nitrogen and oxygen atoms in total. The van der Waals surface area contributed by atoms with Gasteiger partial charge in [-0.25, -0.2) is 0 Å². The quantitative estimate of drug-likeness (QED) is 0.824. The fourth-order valence-corrected chi connectivity index (χ4v) is 2.94. The molecule has 1 heterocycles. The standard InChI is InChI=1S/C16H23N3/c1-11(2)19-13(10-18-12-5-3-6-12)9-14-15(17)7-4-8-16(14)19/h4,7-9,11-12,18H,3,5-6,10,17H2,1-2H3. The minimum Gasteiger partial charge on any atom is -0.398 e. The van der Waals surface area contributed by atoms with Gasteiger partial charge in [0.25, 0.3) is 0 Å². The summed E-state index contributed by atoms with van der Waals surface area (Å²) in [6, 6.07) is 9.61. The molecule has 0 radical (unpaired) electrons. The number of anilines is 1. The van der Waals surface area contributed by atoms with Crippen LogP contribution in [0.2, 0.25) is 0 Å². The highest BCUT2D eigenvalue weighted by Crippen LogP contribution is 2.28. The number of benzene rings is 1. The summed E-state index contributed by atoms with van der Waals surface area (Å²) in [6.07, 6.45) is 4.02. The highest BCUT2D eigenvalue weighted by atomic mass is 15.0. The minimum absolute atomic E-state index is 0.456. The van der Waals surface area contributed by atoms with E-state index in [9.17, 15) is 0 Å². The van der Waals surface area contributed by atoms with Gasteiger partial charge in [0.1, 0.15) is 0 Å². The van der Waals surface area contributed by atoms with Gasteiger partial charge in [-0.3, -0.25) is 0 Å². The lowest BCUT2D eigenvalue weighted by Gasteiger charge is -2.27. The van der Waals surface area contributed by atoms with Crippen LogP contribution in [-0.4, -0.2) is 10.6 Å². The first-order valence-electron chi connectivity index (χ1n) is 7.28. The van der Waals surface area contributed by atoms with Crippen molar-refractivity contribution in [3.05, 3.63) is 30.0 Å². The van der Waals surface area contributed by atoms with Crippen molar-refractivity contribution in [2.45, 2.75) is 51.7 Å². The third-order valence-electron chi connectivity index (χ3n) is 4.19. The Balaban J connectivity index is 1.96. The third kappa shape index (κ3) is 2.23. The molecular weight excluding hydrogens is 234 g/mol. The molecule has 2 aromatic rings. The molecule has 3 N–H and O–H groups in total. The maximum absolute atomic E-state index is 6.10. The topological polar surface area (TPSA) is 43.0 Å². The van der Waals surface area contributed by atoms with E-state index >= 15 is 0 Å². The van der Waals surface area contributed by atoms with E-state index in [1.807, 2.05) is 12.1 Å². The zero-order valence-corrected chi connectivity index (χ0v) is 11.8. The second-order valence-electron chi connectivity index (χ2n) is 5.89.